The van der Waals surface area contributed by atoms with Crippen LogP contribution in [0.1, 0.15) is 370 Å². The Morgan fingerprint density at radius 1 is 0.301 bits per heavy atom. The number of hydrogen-bond donors (Lipinski definition) is 3. The average Bonchev–Trinajstić information content (AvgIpc) is 2.32. The Hall–Kier alpha value is -1.94. The average molecular weight is 1370 g/mol. The highest BCUT2D eigenvalue weighted by molar-refractivity contribution is 7.47. The number of carbonyl (C=O) groups is 4. The zero-order valence-electron chi connectivity index (χ0n) is 60.9. The molecule has 0 aromatic heterocycles. The summed E-state index contributed by atoms with van der Waals surface area (Å²) in [6.07, 6.45) is 47.2. The molecule has 552 valence electrons. The van der Waals surface area contributed by atoms with Gasteiger partial charge >= 0.3 is 39.5 Å². The SMILES string of the molecule is CCC(C)CCCCCCCCC(=O)OC[C@H](COP(=O)(O)OC[C@H](O)COP(=O)(O)OC[C@@H](COC(=O)CCCCCCCCCCCC(C)C)OC(=O)CCCCCCCCCCCCC(C)C)OC(=O)CCCCCCCCCCCCCCCCCC(C)C. The van der Waals surface area contributed by atoms with E-state index >= 15 is 0 Å². The van der Waals surface area contributed by atoms with Crippen molar-refractivity contribution in [3.8, 4) is 0 Å². The third kappa shape index (κ3) is 67.0. The molecule has 19 heteroatoms. The van der Waals surface area contributed by atoms with Crippen LogP contribution in [-0.4, -0.2) is 96.7 Å². The highest BCUT2D eigenvalue weighted by Gasteiger charge is 2.30. The molecule has 0 aromatic carbocycles. The highest BCUT2D eigenvalue weighted by Crippen LogP contribution is 2.45. The Kier molecular flexibility index (Phi) is 62.2. The van der Waals surface area contributed by atoms with E-state index in [-0.39, 0.29) is 25.7 Å². The Balaban J connectivity index is 5.24. The number of rotatable bonds is 71. The van der Waals surface area contributed by atoms with Gasteiger partial charge in [0.25, 0.3) is 0 Å². The molecule has 0 rings (SSSR count). The van der Waals surface area contributed by atoms with Crippen molar-refractivity contribution in [1.82, 2.24) is 0 Å². The lowest BCUT2D eigenvalue weighted by Crippen LogP contribution is -2.30. The summed E-state index contributed by atoms with van der Waals surface area (Å²) in [6.45, 7) is 14.1. The maximum atomic E-state index is 13.0. The summed E-state index contributed by atoms with van der Waals surface area (Å²) in [6, 6.07) is 0. The van der Waals surface area contributed by atoms with Crippen molar-refractivity contribution in [3.63, 3.8) is 0 Å². The molecule has 6 atom stereocenters. The minimum Gasteiger partial charge on any atom is -0.462 e. The number of phosphoric acid groups is 2. The standard InChI is InChI=1S/C74H144O17P2/c1-9-67(8)53-45-37-32-33-39-47-55-72(77)85-61-70(91-73(78)56-48-40-30-23-16-14-12-10-11-13-15-20-26-34-42-50-64(2)3)63-89-93(82,83)87-59-68(75)58-86-92(80,81)88-62-69(60-84-71(76)54-46-38-29-25-19-22-28-36-44-52-66(6)7)90-74(79)57-49-41-31-24-18-17-21-27-35-43-51-65(4)5/h64-70,75H,9-63H2,1-8H3,(H,80,81)(H,82,83)/t67?,68-,69-,70-/m1/s1. The molecule has 0 bridgehead atoms. The van der Waals surface area contributed by atoms with Crippen molar-refractivity contribution >= 4 is 39.5 Å². The first-order chi connectivity index (χ1) is 44.6. The lowest BCUT2D eigenvalue weighted by molar-refractivity contribution is -0.161. The van der Waals surface area contributed by atoms with E-state index in [0.717, 1.165) is 120 Å². The summed E-state index contributed by atoms with van der Waals surface area (Å²) in [5.41, 5.74) is 0. The van der Waals surface area contributed by atoms with E-state index in [1.54, 1.807) is 0 Å². The molecular weight excluding hydrogens is 1220 g/mol. The number of carbonyl (C=O) groups excluding carboxylic acids is 4. The van der Waals surface area contributed by atoms with Crippen LogP contribution in [0.15, 0.2) is 0 Å². The van der Waals surface area contributed by atoms with Crippen molar-refractivity contribution in [2.24, 2.45) is 23.7 Å². The van der Waals surface area contributed by atoms with Crippen molar-refractivity contribution in [2.75, 3.05) is 39.6 Å². The van der Waals surface area contributed by atoms with Crippen molar-refractivity contribution in [1.29, 1.82) is 0 Å². The zero-order chi connectivity index (χ0) is 68.9. The molecule has 0 aliphatic carbocycles. The van der Waals surface area contributed by atoms with Gasteiger partial charge in [0.15, 0.2) is 12.2 Å². The van der Waals surface area contributed by atoms with Crippen LogP contribution < -0.4 is 0 Å². The first-order valence-corrected chi connectivity index (χ1v) is 41.2. The van der Waals surface area contributed by atoms with Crippen molar-refractivity contribution in [3.05, 3.63) is 0 Å². The van der Waals surface area contributed by atoms with E-state index in [1.165, 1.54) is 167 Å². The topological polar surface area (TPSA) is 237 Å². The molecule has 0 aliphatic heterocycles. The molecule has 0 fully saturated rings. The predicted molar refractivity (Wildman–Crippen MR) is 377 cm³/mol. The molecule has 3 N–H and O–H groups in total. The molecule has 0 heterocycles. The minimum atomic E-state index is -4.96. The second-order valence-electron chi connectivity index (χ2n) is 28.4. The van der Waals surface area contributed by atoms with Gasteiger partial charge in [0, 0.05) is 25.7 Å². The van der Waals surface area contributed by atoms with Gasteiger partial charge in [0.2, 0.25) is 0 Å². The van der Waals surface area contributed by atoms with E-state index < -0.39 is 97.5 Å². The summed E-state index contributed by atoms with van der Waals surface area (Å²) in [7, 11) is -9.91. The van der Waals surface area contributed by atoms with Gasteiger partial charge in [-0.15, -0.1) is 0 Å². The minimum absolute atomic E-state index is 0.105. The van der Waals surface area contributed by atoms with Crippen LogP contribution >= 0.6 is 15.6 Å². The van der Waals surface area contributed by atoms with Crippen LogP contribution in [0.4, 0.5) is 0 Å². The van der Waals surface area contributed by atoms with Gasteiger partial charge in [0.05, 0.1) is 26.4 Å². The number of aliphatic hydroxyl groups excluding tert-OH is 1. The summed E-state index contributed by atoms with van der Waals surface area (Å²) in [5.74, 6) is 0.904. The molecule has 0 amide bonds. The molecule has 0 saturated carbocycles. The molecule has 0 aromatic rings. The lowest BCUT2D eigenvalue weighted by atomic mass is 10.00. The van der Waals surface area contributed by atoms with Gasteiger partial charge in [-0.1, -0.05) is 319 Å². The van der Waals surface area contributed by atoms with E-state index in [0.29, 0.717) is 25.7 Å². The van der Waals surface area contributed by atoms with Gasteiger partial charge < -0.3 is 33.8 Å². The summed E-state index contributed by atoms with van der Waals surface area (Å²) in [5, 5.41) is 10.6. The van der Waals surface area contributed by atoms with Gasteiger partial charge in [-0.25, -0.2) is 9.13 Å². The third-order valence-electron chi connectivity index (χ3n) is 17.4. The maximum Gasteiger partial charge on any atom is 0.472 e. The monoisotopic (exact) mass is 1370 g/mol. The Labute approximate surface area is 568 Å². The Bertz CT molecular complexity index is 1840. The molecule has 93 heavy (non-hydrogen) atoms. The largest absolute Gasteiger partial charge is 0.472 e. The second kappa shape index (κ2) is 63.5. The Morgan fingerprint density at radius 3 is 0.763 bits per heavy atom. The van der Waals surface area contributed by atoms with Crippen LogP contribution in [0.25, 0.3) is 0 Å². The van der Waals surface area contributed by atoms with Crippen LogP contribution in [0.5, 0.6) is 0 Å². The molecule has 0 radical (unpaired) electrons. The smallest absolute Gasteiger partial charge is 0.462 e. The molecular formula is C74H144O17P2. The van der Waals surface area contributed by atoms with Crippen molar-refractivity contribution < 1.29 is 80.2 Å². The fourth-order valence-corrected chi connectivity index (χ4v) is 12.7. The number of esters is 4. The second-order valence-corrected chi connectivity index (χ2v) is 31.3. The highest BCUT2D eigenvalue weighted by atomic mass is 31.2. The summed E-state index contributed by atoms with van der Waals surface area (Å²) < 4.78 is 68.4. The van der Waals surface area contributed by atoms with Crippen LogP contribution in [0.2, 0.25) is 0 Å². The van der Waals surface area contributed by atoms with Gasteiger partial charge in [-0.2, -0.15) is 0 Å². The lowest BCUT2D eigenvalue weighted by Gasteiger charge is -2.21. The quantitative estimate of drug-likeness (QED) is 0.0222. The third-order valence-corrected chi connectivity index (χ3v) is 19.3. The van der Waals surface area contributed by atoms with Crippen LogP contribution in [0.3, 0.4) is 0 Å². The molecule has 0 spiro atoms. The molecule has 3 unspecified atom stereocenters. The molecule has 17 nitrogen and oxygen atoms in total. The zero-order valence-corrected chi connectivity index (χ0v) is 62.7. The van der Waals surface area contributed by atoms with Gasteiger partial charge in [0.1, 0.15) is 19.3 Å². The molecule has 0 saturated heterocycles. The number of unbranched alkanes of at least 4 members (excludes halogenated alkanes) is 36. The molecule has 0 aliphatic rings. The summed E-state index contributed by atoms with van der Waals surface area (Å²) in [4.78, 5) is 72.7. The maximum absolute atomic E-state index is 13.0. The number of hydrogen-bond acceptors (Lipinski definition) is 15. The number of ether oxygens (including phenoxy) is 4. The fourth-order valence-electron chi connectivity index (χ4n) is 11.2. The van der Waals surface area contributed by atoms with Gasteiger partial charge in [-0.05, 0) is 49.4 Å². The number of phosphoric ester groups is 2. The van der Waals surface area contributed by atoms with Crippen molar-refractivity contribution in [2.45, 2.75) is 388 Å². The van der Waals surface area contributed by atoms with E-state index in [4.69, 9.17) is 37.0 Å². The van der Waals surface area contributed by atoms with E-state index in [1.807, 2.05) is 0 Å². The Morgan fingerprint density at radius 2 is 0.516 bits per heavy atom. The van der Waals surface area contributed by atoms with E-state index in [9.17, 15) is 43.2 Å². The predicted octanol–water partition coefficient (Wildman–Crippen LogP) is 21.3. The summed E-state index contributed by atoms with van der Waals surface area (Å²) >= 11 is 0. The van der Waals surface area contributed by atoms with Crippen LogP contribution in [-0.2, 0) is 65.4 Å². The van der Waals surface area contributed by atoms with Crippen LogP contribution in [0, 0.1) is 23.7 Å². The van der Waals surface area contributed by atoms with Gasteiger partial charge in [-0.3, -0.25) is 37.3 Å². The normalized spacial score (nSPS) is 14.5. The first-order valence-electron chi connectivity index (χ1n) is 38.2. The van der Waals surface area contributed by atoms with E-state index in [2.05, 4.69) is 55.4 Å². The fraction of sp³-hybridized carbons (Fsp3) is 0.946. The number of aliphatic hydroxyl groups is 1. The first kappa shape index (κ1) is 91.1.